The molecule has 0 aliphatic carbocycles. The number of carbonyl (C=O) groups is 1. The Bertz CT molecular complexity index is 738. The molecule has 0 unspecified atom stereocenters. The standard InChI is InChI=1S/C17H21FN2O3S/c1-2-10-19-11-7-17(16(19)21)8-12-20(13-9-17)24(22,23)15-5-3-14(18)4-6-15/h2-6H,1,7-13H2. The van der Waals surface area contributed by atoms with E-state index in [0.717, 1.165) is 18.6 Å². The lowest BCUT2D eigenvalue weighted by Gasteiger charge is -2.37. The van der Waals surface area contributed by atoms with Gasteiger partial charge >= 0.3 is 0 Å². The highest BCUT2D eigenvalue weighted by Crippen LogP contribution is 2.42. The molecule has 3 rings (SSSR count). The van der Waals surface area contributed by atoms with E-state index in [9.17, 15) is 17.6 Å². The van der Waals surface area contributed by atoms with E-state index in [4.69, 9.17) is 0 Å². The maximum absolute atomic E-state index is 13.0. The highest BCUT2D eigenvalue weighted by Gasteiger charge is 2.49. The summed E-state index contributed by atoms with van der Waals surface area (Å²) in [6.45, 7) is 5.54. The number of rotatable bonds is 4. The highest BCUT2D eigenvalue weighted by molar-refractivity contribution is 7.89. The van der Waals surface area contributed by atoms with Crippen molar-refractivity contribution >= 4 is 15.9 Å². The molecule has 5 nitrogen and oxygen atoms in total. The smallest absolute Gasteiger partial charge is 0.243 e. The van der Waals surface area contributed by atoms with Crippen LogP contribution in [-0.4, -0.2) is 49.7 Å². The van der Waals surface area contributed by atoms with E-state index in [1.165, 1.54) is 16.4 Å². The first-order valence-electron chi connectivity index (χ1n) is 8.05. The summed E-state index contributed by atoms with van der Waals surface area (Å²) in [6.07, 6.45) is 3.54. The molecule has 0 atom stereocenters. The molecule has 1 spiro atoms. The van der Waals surface area contributed by atoms with Crippen LogP contribution in [0.5, 0.6) is 0 Å². The maximum Gasteiger partial charge on any atom is 0.243 e. The normalized spacial score (nSPS) is 21.4. The van der Waals surface area contributed by atoms with Crippen molar-refractivity contribution in [3.05, 3.63) is 42.7 Å². The lowest BCUT2D eigenvalue weighted by atomic mass is 9.77. The summed E-state index contributed by atoms with van der Waals surface area (Å²) in [5.41, 5.74) is -0.433. The number of hydrogen-bond acceptors (Lipinski definition) is 3. The van der Waals surface area contributed by atoms with Crippen molar-refractivity contribution in [2.45, 2.75) is 24.2 Å². The number of halogens is 1. The van der Waals surface area contributed by atoms with Crippen LogP contribution in [0.4, 0.5) is 4.39 Å². The molecular weight excluding hydrogens is 331 g/mol. The van der Waals surface area contributed by atoms with Crippen LogP contribution < -0.4 is 0 Å². The van der Waals surface area contributed by atoms with Crippen molar-refractivity contribution < 1.29 is 17.6 Å². The minimum Gasteiger partial charge on any atom is -0.338 e. The Morgan fingerprint density at radius 3 is 2.29 bits per heavy atom. The van der Waals surface area contributed by atoms with E-state index in [0.29, 0.717) is 39.0 Å². The van der Waals surface area contributed by atoms with E-state index >= 15 is 0 Å². The molecule has 24 heavy (non-hydrogen) atoms. The van der Waals surface area contributed by atoms with Crippen LogP contribution >= 0.6 is 0 Å². The first-order valence-corrected chi connectivity index (χ1v) is 9.49. The lowest BCUT2D eigenvalue weighted by Crippen LogP contribution is -2.46. The SMILES string of the molecule is C=CCN1CCC2(CCN(S(=O)(=O)c3ccc(F)cc3)CC2)C1=O. The quantitative estimate of drug-likeness (QED) is 0.779. The Morgan fingerprint density at radius 1 is 1.12 bits per heavy atom. The van der Waals surface area contributed by atoms with Crippen LogP contribution in [0.3, 0.4) is 0 Å². The van der Waals surface area contributed by atoms with Crippen molar-refractivity contribution in [2.24, 2.45) is 5.41 Å². The Labute approximate surface area is 141 Å². The van der Waals surface area contributed by atoms with E-state index in [1.807, 2.05) is 0 Å². The minimum atomic E-state index is -3.64. The monoisotopic (exact) mass is 352 g/mol. The molecule has 2 saturated heterocycles. The zero-order valence-corrected chi connectivity index (χ0v) is 14.3. The summed E-state index contributed by atoms with van der Waals surface area (Å²) in [4.78, 5) is 14.5. The van der Waals surface area contributed by atoms with Gasteiger partial charge in [0.1, 0.15) is 5.82 Å². The molecule has 0 radical (unpaired) electrons. The molecule has 7 heteroatoms. The Kier molecular flexibility index (Phi) is 4.48. The van der Waals surface area contributed by atoms with Gasteiger partial charge in [0.05, 0.1) is 10.3 Å². The third kappa shape index (κ3) is 2.86. The summed E-state index contributed by atoms with van der Waals surface area (Å²) in [5.74, 6) is -0.355. The highest BCUT2D eigenvalue weighted by atomic mass is 32.2. The van der Waals surface area contributed by atoms with Crippen LogP contribution in [0.15, 0.2) is 41.8 Å². The molecule has 1 aromatic carbocycles. The van der Waals surface area contributed by atoms with Crippen LogP contribution in [-0.2, 0) is 14.8 Å². The molecule has 2 aliphatic heterocycles. The molecule has 2 fully saturated rings. The molecule has 1 aromatic rings. The van der Waals surface area contributed by atoms with Gasteiger partial charge in [-0.1, -0.05) is 6.08 Å². The molecule has 0 N–H and O–H groups in total. The van der Waals surface area contributed by atoms with Crippen molar-refractivity contribution in [2.75, 3.05) is 26.2 Å². The summed E-state index contributed by atoms with van der Waals surface area (Å²) in [6, 6.07) is 4.85. The fraction of sp³-hybridized carbons (Fsp3) is 0.471. The van der Waals surface area contributed by atoms with Crippen molar-refractivity contribution in [3.8, 4) is 0 Å². The van der Waals surface area contributed by atoms with E-state index < -0.39 is 21.3 Å². The maximum atomic E-state index is 13.0. The summed E-state index contributed by atoms with van der Waals surface area (Å²) >= 11 is 0. The van der Waals surface area contributed by atoms with Crippen LogP contribution in [0.2, 0.25) is 0 Å². The summed E-state index contributed by atoms with van der Waals surface area (Å²) in [7, 11) is -3.64. The summed E-state index contributed by atoms with van der Waals surface area (Å²) in [5, 5.41) is 0. The Morgan fingerprint density at radius 2 is 1.71 bits per heavy atom. The first-order chi connectivity index (χ1) is 11.4. The van der Waals surface area contributed by atoms with Crippen molar-refractivity contribution in [1.29, 1.82) is 0 Å². The molecular formula is C17H21FN2O3S. The second-order valence-corrected chi connectivity index (χ2v) is 8.37. The van der Waals surface area contributed by atoms with Gasteiger partial charge in [0.15, 0.2) is 0 Å². The average Bonchev–Trinajstić information content (AvgIpc) is 2.86. The second kappa shape index (κ2) is 6.29. The topological polar surface area (TPSA) is 57.7 Å². The first kappa shape index (κ1) is 17.1. The van der Waals surface area contributed by atoms with Gasteiger partial charge in [-0.05, 0) is 43.5 Å². The number of sulfonamides is 1. The molecule has 130 valence electrons. The third-order valence-electron chi connectivity index (χ3n) is 5.08. The lowest BCUT2D eigenvalue weighted by molar-refractivity contribution is -0.137. The van der Waals surface area contributed by atoms with Gasteiger partial charge in [-0.3, -0.25) is 4.79 Å². The number of carbonyl (C=O) groups excluding carboxylic acids is 1. The Hall–Kier alpha value is -1.73. The van der Waals surface area contributed by atoms with Crippen LogP contribution in [0, 0.1) is 11.2 Å². The van der Waals surface area contributed by atoms with Crippen molar-refractivity contribution in [3.63, 3.8) is 0 Å². The predicted molar refractivity (Wildman–Crippen MR) is 88.2 cm³/mol. The molecule has 1 amide bonds. The molecule has 0 bridgehead atoms. The average molecular weight is 352 g/mol. The van der Waals surface area contributed by atoms with E-state index in [2.05, 4.69) is 6.58 Å². The third-order valence-corrected chi connectivity index (χ3v) is 6.99. The second-order valence-electron chi connectivity index (χ2n) is 6.43. The molecule has 2 heterocycles. The van der Waals surface area contributed by atoms with Crippen LogP contribution in [0.25, 0.3) is 0 Å². The number of amides is 1. The Balaban J connectivity index is 1.72. The number of nitrogens with zero attached hydrogens (tertiary/aromatic N) is 2. The zero-order valence-electron chi connectivity index (χ0n) is 13.4. The number of piperidine rings is 1. The zero-order chi connectivity index (χ0) is 17.4. The van der Waals surface area contributed by atoms with Gasteiger partial charge in [0.25, 0.3) is 0 Å². The predicted octanol–water partition coefficient (Wildman–Crippen LogP) is 2.01. The number of benzene rings is 1. The number of hydrogen-bond donors (Lipinski definition) is 0. The van der Waals surface area contributed by atoms with Gasteiger partial charge in [-0.25, -0.2) is 12.8 Å². The van der Waals surface area contributed by atoms with Gasteiger partial charge in [0.2, 0.25) is 15.9 Å². The molecule has 0 saturated carbocycles. The summed E-state index contributed by atoms with van der Waals surface area (Å²) < 4.78 is 39.7. The minimum absolute atomic E-state index is 0.0888. The molecule has 0 aromatic heterocycles. The van der Waals surface area contributed by atoms with Crippen molar-refractivity contribution in [1.82, 2.24) is 9.21 Å². The fourth-order valence-electron chi connectivity index (χ4n) is 3.60. The molecule has 2 aliphatic rings. The fourth-order valence-corrected chi connectivity index (χ4v) is 5.04. The van der Waals surface area contributed by atoms with Gasteiger partial charge in [0, 0.05) is 26.2 Å². The van der Waals surface area contributed by atoms with E-state index in [1.54, 1.807) is 11.0 Å². The largest absolute Gasteiger partial charge is 0.338 e. The van der Waals surface area contributed by atoms with E-state index in [-0.39, 0.29) is 10.8 Å². The van der Waals surface area contributed by atoms with Gasteiger partial charge < -0.3 is 4.90 Å². The van der Waals surface area contributed by atoms with Gasteiger partial charge in [-0.2, -0.15) is 4.31 Å². The van der Waals surface area contributed by atoms with Crippen LogP contribution in [0.1, 0.15) is 19.3 Å². The number of likely N-dealkylation sites (tertiary alicyclic amines) is 1. The van der Waals surface area contributed by atoms with Gasteiger partial charge in [-0.15, -0.1) is 6.58 Å².